The number of benzene rings is 11. The molecule has 0 radical (unpaired) electrons. The van der Waals surface area contributed by atoms with Gasteiger partial charge in [-0.25, -0.2) is 4.98 Å². The molecule has 4 heterocycles. The fourth-order valence-corrected chi connectivity index (χ4v) is 11.3. The van der Waals surface area contributed by atoms with Gasteiger partial charge in [0.2, 0.25) is 5.95 Å². The maximum absolute atomic E-state index is 5.42. The van der Waals surface area contributed by atoms with Crippen molar-refractivity contribution in [1.29, 1.82) is 0 Å². The first kappa shape index (κ1) is 37.8. The van der Waals surface area contributed by atoms with Crippen molar-refractivity contribution in [2.45, 2.75) is 0 Å². The lowest BCUT2D eigenvalue weighted by Crippen LogP contribution is -2.06. The van der Waals surface area contributed by atoms with Crippen LogP contribution in [0.25, 0.3) is 138 Å². The number of rotatable bonds is 5. The van der Waals surface area contributed by atoms with E-state index in [2.05, 4.69) is 226 Å². The molecule has 320 valence electrons. The summed E-state index contributed by atoms with van der Waals surface area (Å²) in [5.74, 6) is 1.79. The van der Waals surface area contributed by atoms with Gasteiger partial charge in [-0.15, -0.1) is 0 Å². The molecule has 0 aliphatic heterocycles. The molecule has 69 heavy (non-hydrogen) atoms. The van der Waals surface area contributed by atoms with E-state index in [1.54, 1.807) is 0 Å². The van der Waals surface area contributed by atoms with Gasteiger partial charge in [-0.05, 0) is 105 Å². The summed E-state index contributed by atoms with van der Waals surface area (Å²) in [5, 5.41) is 14.5. The average molecular weight is 879 g/mol. The average Bonchev–Trinajstić information content (AvgIpc) is 4.07. The van der Waals surface area contributed by atoms with Crippen LogP contribution < -0.4 is 0 Å². The van der Waals surface area contributed by atoms with Crippen LogP contribution in [0.2, 0.25) is 0 Å². The summed E-state index contributed by atoms with van der Waals surface area (Å²) in [7, 11) is 0. The second-order valence-corrected chi connectivity index (χ2v) is 17.9. The van der Waals surface area contributed by atoms with Crippen molar-refractivity contribution in [2.75, 3.05) is 0 Å². The molecule has 0 bridgehead atoms. The zero-order chi connectivity index (χ0) is 45.2. The topological polar surface area (TPSA) is 53.5 Å². The summed E-state index contributed by atoms with van der Waals surface area (Å²) in [6, 6.07) is 82.6. The molecule has 6 heteroatoms. The standard InChI is InChI=1S/C63H38N6/c1-3-17-39(18-4-1)61-64-62(40-31-34-56-52(37-40)48-25-11-14-28-53(48)67(56)41-19-5-2-6-20-41)66-63(65-61)69-55-30-16-13-27-50(55)60-58(69)36-35-57-59(60)49-26-12-15-29-54(49)68(57)42-32-33-47-45-23-8-7-21-43(45)44-22-9-10-24-46(44)51(47)38-42/h1-38H. The molecule has 0 fully saturated rings. The SMILES string of the molecule is c1ccc(-c2nc(-c3ccc4c(c3)c3ccccc3n4-c3ccccc3)nc(-n3c4ccccc4c4c5c6ccccc6n(-c6ccc7c8ccccc8c8ccccc8c7c6)c5ccc43)n2)cc1. The summed E-state index contributed by atoms with van der Waals surface area (Å²) < 4.78 is 7.02. The zero-order valence-corrected chi connectivity index (χ0v) is 37.1. The Bertz CT molecular complexity index is 4560. The summed E-state index contributed by atoms with van der Waals surface area (Å²) in [6.45, 7) is 0. The molecular formula is C63H38N6. The molecule has 0 aliphatic carbocycles. The Labute approximate surface area is 395 Å². The first-order valence-electron chi connectivity index (χ1n) is 23.4. The largest absolute Gasteiger partial charge is 0.309 e. The van der Waals surface area contributed by atoms with Crippen LogP contribution in [-0.2, 0) is 0 Å². The normalized spacial score (nSPS) is 12.1. The van der Waals surface area contributed by atoms with E-state index in [0.717, 1.165) is 71.8 Å². The Kier molecular flexibility index (Phi) is 7.97. The van der Waals surface area contributed by atoms with E-state index in [1.165, 1.54) is 48.5 Å². The van der Waals surface area contributed by atoms with Crippen LogP contribution in [0.1, 0.15) is 0 Å². The highest BCUT2D eigenvalue weighted by Crippen LogP contribution is 2.44. The fourth-order valence-electron chi connectivity index (χ4n) is 11.3. The predicted octanol–water partition coefficient (Wildman–Crippen LogP) is 16.0. The molecule has 0 aliphatic rings. The van der Waals surface area contributed by atoms with Crippen LogP contribution in [0, 0.1) is 0 Å². The third kappa shape index (κ3) is 5.51. The lowest BCUT2D eigenvalue weighted by Gasteiger charge is -2.14. The van der Waals surface area contributed by atoms with Gasteiger partial charge in [0, 0.05) is 54.8 Å². The van der Waals surface area contributed by atoms with Gasteiger partial charge in [-0.2, -0.15) is 9.97 Å². The highest BCUT2D eigenvalue weighted by atomic mass is 15.2. The molecule has 0 saturated carbocycles. The van der Waals surface area contributed by atoms with Gasteiger partial charge < -0.3 is 9.13 Å². The Hall–Kier alpha value is -9.39. The predicted molar refractivity (Wildman–Crippen MR) is 286 cm³/mol. The highest BCUT2D eigenvalue weighted by molar-refractivity contribution is 6.29. The van der Waals surface area contributed by atoms with Crippen molar-refractivity contribution in [3.63, 3.8) is 0 Å². The molecule has 11 aromatic carbocycles. The van der Waals surface area contributed by atoms with E-state index < -0.39 is 0 Å². The zero-order valence-electron chi connectivity index (χ0n) is 37.1. The Morgan fingerprint density at radius 2 is 0.667 bits per heavy atom. The van der Waals surface area contributed by atoms with Gasteiger partial charge in [0.25, 0.3) is 0 Å². The minimum atomic E-state index is 0.564. The molecule has 6 nitrogen and oxygen atoms in total. The van der Waals surface area contributed by atoms with Crippen molar-refractivity contribution in [2.24, 2.45) is 0 Å². The van der Waals surface area contributed by atoms with E-state index >= 15 is 0 Å². The Morgan fingerprint density at radius 1 is 0.232 bits per heavy atom. The third-order valence-corrected chi connectivity index (χ3v) is 14.3. The third-order valence-electron chi connectivity index (χ3n) is 14.3. The van der Waals surface area contributed by atoms with Crippen molar-refractivity contribution in [3.05, 3.63) is 231 Å². The number of hydrogen-bond acceptors (Lipinski definition) is 3. The molecule has 15 rings (SSSR count). The van der Waals surface area contributed by atoms with Crippen molar-refractivity contribution in [1.82, 2.24) is 28.7 Å². The minimum absolute atomic E-state index is 0.564. The van der Waals surface area contributed by atoms with E-state index in [1.807, 2.05) is 18.2 Å². The summed E-state index contributed by atoms with van der Waals surface area (Å²) in [4.78, 5) is 16.0. The molecular weight excluding hydrogens is 841 g/mol. The number of hydrogen-bond donors (Lipinski definition) is 0. The summed E-state index contributed by atoms with van der Waals surface area (Å²) in [5.41, 5.74) is 10.7. The van der Waals surface area contributed by atoms with Gasteiger partial charge >= 0.3 is 0 Å². The van der Waals surface area contributed by atoms with Crippen molar-refractivity contribution >= 4 is 97.7 Å². The number of aromatic nitrogens is 6. The minimum Gasteiger partial charge on any atom is -0.309 e. The van der Waals surface area contributed by atoms with Crippen LogP contribution in [0.3, 0.4) is 0 Å². The molecule has 4 aromatic heterocycles. The van der Waals surface area contributed by atoms with Gasteiger partial charge in [0.05, 0.1) is 33.1 Å². The molecule has 0 atom stereocenters. The second kappa shape index (κ2) is 14.6. The van der Waals surface area contributed by atoms with Crippen LogP contribution in [0.5, 0.6) is 0 Å². The molecule has 15 aromatic rings. The first-order valence-corrected chi connectivity index (χ1v) is 23.4. The summed E-state index contributed by atoms with van der Waals surface area (Å²) in [6.07, 6.45) is 0. The van der Waals surface area contributed by atoms with Gasteiger partial charge in [0.1, 0.15) is 0 Å². The van der Waals surface area contributed by atoms with Crippen molar-refractivity contribution < 1.29 is 0 Å². The fraction of sp³-hybridized carbons (Fsp3) is 0. The first-order chi connectivity index (χ1) is 34.2. The molecule has 0 saturated heterocycles. The smallest absolute Gasteiger partial charge is 0.238 e. The summed E-state index contributed by atoms with van der Waals surface area (Å²) >= 11 is 0. The van der Waals surface area contributed by atoms with E-state index in [4.69, 9.17) is 15.0 Å². The highest BCUT2D eigenvalue weighted by Gasteiger charge is 2.24. The van der Waals surface area contributed by atoms with Gasteiger partial charge in [-0.1, -0.05) is 158 Å². The molecule has 0 amide bonds. The quantitative estimate of drug-likeness (QED) is 0.162. The van der Waals surface area contributed by atoms with Crippen molar-refractivity contribution in [3.8, 4) is 40.1 Å². The maximum atomic E-state index is 5.42. The molecule has 0 spiro atoms. The Morgan fingerprint density at radius 3 is 1.30 bits per heavy atom. The van der Waals surface area contributed by atoms with Crippen LogP contribution in [0.15, 0.2) is 231 Å². The van der Waals surface area contributed by atoms with E-state index in [9.17, 15) is 0 Å². The molecule has 0 unspecified atom stereocenters. The number of nitrogens with zero attached hydrogens (tertiary/aromatic N) is 6. The van der Waals surface area contributed by atoms with Crippen LogP contribution in [-0.4, -0.2) is 28.7 Å². The number of fused-ring (bicyclic) bond motifs is 16. The number of para-hydroxylation sites is 4. The lowest BCUT2D eigenvalue weighted by atomic mass is 9.94. The Balaban J connectivity index is 0.980. The van der Waals surface area contributed by atoms with Gasteiger partial charge in [-0.3, -0.25) is 4.57 Å². The molecule has 0 N–H and O–H groups in total. The maximum Gasteiger partial charge on any atom is 0.238 e. The van der Waals surface area contributed by atoms with E-state index in [-0.39, 0.29) is 0 Å². The lowest BCUT2D eigenvalue weighted by molar-refractivity contribution is 0.954. The van der Waals surface area contributed by atoms with Crippen LogP contribution >= 0.6 is 0 Å². The van der Waals surface area contributed by atoms with Gasteiger partial charge in [0.15, 0.2) is 11.6 Å². The monoisotopic (exact) mass is 878 g/mol. The van der Waals surface area contributed by atoms with E-state index in [0.29, 0.717) is 17.6 Å². The van der Waals surface area contributed by atoms with Crippen LogP contribution in [0.4, 0.5) is 0 Å². The second-order valence-electron chi connectivity index (χ2n) is 17.9.